The Bertz CT molecular complexity index is 956. The predicted molar refractivity (Wildman–Crippen MR) is 98.8 cm³/mol. The lowest BCUT2D eigenvalue weighted by atomic mass is 10.1. The average Bonchev–Trinajstić information content (AvgIpc) is 2.58. The van der Waals surface area contributed by atoms with E-state index in [1.807, 2.05) is 32.0 Å². The molecule has 0 aliphatic carbocycles. The Kier molecular flexibility index (Phi) is 5.25. The molecule has 28 heavy (non-hydrogen) atoms. The Morgan fingerprint density at radius 1 is 0.929 bits per heavy atom. The molecule has 9 heteroatoms. The van der Waals surface area contributed by atoms with E-state index in [2.05, 4.69) is 20.0 Å². The number of nitrogens with zero attached hydrogens (tertiary/aromatic N) is 2. The number of hydrogen-bond acceptors (Lipinski definition) is 6. The minimum atomic E-state index is -4.74. The summed E-state index contributed by atoms with van der Waals surface area (Å²) in [5.41, 5.74) is 8.78. The van der Waals surface area contributed by atoms with Crippen molar-refractivity contribution in [2.75, 3.05) is 11.1 Å². The van der Waals surface area contributed by atoms with Gasteiger partial charge < -0.3 is 20.5 Å². The summed E-state index contributed by atoms with van der Waals surface area (Å²) in [4.78, 5) is 8.10. The second-order valence-electron chi connectivity index (χ2n) is 6.06. The lowest BCUT2D eigenvalue weighted by Crippen LogP contribution is -2.17. The molecule has 3 rings (SSSR count). The molecule has 0 radical (unpaired) electrons. The van der Waals surface area contributed by atoms with Gasteiger partial charge in [0.2, 0.25) is 5.88 Å². The molecule has 3 aromatic rings. The molecule has 0 bridgehead atoms. The highest BCUT2D eigenvalue weighted by molar-refractivity contribution is 5.72. The van der Waals surface area contributed by atoms with E-state index in [4.69, 9.17) is 10.5 Å². The van der Waals surface area contributed by atoms with Crippen LogP contribution in [0.25, 0.3) is 0 Å². The van der Waals surface area contributed by atoms with E-state index < -0.39 is 6.36 Å². The maximum Gasteiger partial charge on any atom is 0.573 e. The Hall–Kier alpha value is -3.49. The van der Waals surface area contributed by atoms with Crippen LogP contribution in [0.1, 0.15) is 11.1 Å². The zero-order valence-electron chi connectivity index (χ0n) is 15.0. The zero-order valence-corrected chi connectivity index (χ0v) is 15.0. The summed E-state index contributed by atoms with van der Waals surface area (Å²) in [5.74, 6) is 0.688. The first-order chi connectivity index (χ1) is 13.2. The second-order valence-corrected chi connectivity index (χ2v) is 6.06. The lowest BCUT2D eigenvalue weighted by Gasteiger charge is -2.13. The van der Waals surface area contributed by atoms with Gasteiger partial charge in [-0.2, -0.15) is 4.98 Å². The Morgan fingerprint density at radius 3 is 2.18 bits per heavy atom. The zero-order chi connectivity index (χ0) is 20.3. The van der Waals surface area contributed by atoms with Crippen LogP contribution in [-0.2, 0) is 0 Å². The van der Waals surface area contributed by atoms with Crippen LogP contribution in [0.4, 0.5) is 30.4 Å². The molecule has 3 N–H and O–H groups in total. The number of nitrogens with two attached hydrogens (primary N) is 1. The molecule has 0 atom stereocenters. The standard InChI is InChI=1S/C19H17F3N4O2/c1-11-7-12(2)9-15(8-11)27-18-16(23)17(24-10-25-18)26-13-3-5-14(6-4-13)28-19(20,21)22/h3-10H,23H2,1-2H3,(H,24,25,26). The van der Waals surface area contributed by atoms with Crippen LogP contribution < -0.4 is 20.5 Å². The highest BCUT2D eigenvalue weighted by Gasteiger charge is 2.30. The third-order valence-corrected chi connectivity index (χ3v) is 3.61. The fourth-order valence-electron chi connectivity index (χ4n) is 2.54. The first kappa shape index (κ1) is 19.3. The SMILES string of the molecule is Cc1cc(C)cc(Oc2ncnc(Nc3ccc(OC(F)(F)F)cc3)c2N)c1. The molecule has 1 heterocycles. The summed E-state index contributed by atoms with van der Waals surface area (Å²) < 4.78 is 46.3. The lowest BCUT2D eigenvalue weighted by molar-refractivity contribution is -0.274. The third-order valence-electron chi connectivity index (χ3n) is 3.61. The summed E-state index contributed by atoms with van der Waals surface area (Å²) in [5, 5.41) is 2.92. The van der Waals surface area contributed by atoms with E-state index in [1.54, 1.807) is 0 Å². The number of alkyl halides is 3. The first-order valence-corrected chi connectivity index (χ1v) is 8.19. The molecule has 2 aromatic carbocycles. The highest BCUT2D eigenvalue weighted by Crippen LogP contribution is 2.32. The van der Waals surface area contributed by atoms with Gasteiger partial charge in [-0.25, -0.2) is 4.98 Å². The fourth-order valence-corrected chi connectivity index (χ4v) is 2.54. The van der Waals surface area contributed by atoms with Crippen LogP contribution >= 0.6 is 0 Å². The van der Waals surface area contributed by atoms with Crippen LogP contribution in [0.2, 0.25) is 0 Å². The number of aryl methyl sites for hydroxylation is 2. The molecule has 0 saturated heterocycles. The molecular weight excluding hydrogens is 373 g/mol. The maximum atomic E-state index is 12.2. The van der Waals surface area contributed by atoms with Crippen molar-refractivity contribution in [1.82, 2.24) is 9.97 Å². The number of anilines is 3. The number of hydrogen-bond donors (Lipinski definition) is 2. The van der Waals surface area contributed by atoms with Crippen molar-refractivity contribution in [2.45, 2.75) is 20.2 Å². The van der Waals surface area contributed by atoms with Gasteiger partial charge in [-0.15, -0.1) is 13.2 Å². The van der Waals surface area contributed by atoms with Gasteiger partial charge in [0.25, 0.3) is 0 Å². The molecule has 0 saturated carbocycles. The fraction of sp³-hybridized carbons (Fsp3) is 0.158. The monoisotopic (exact) mass is 390 g/mol. The molecule has 146 valence electrons. The number of ether oxygens (including phenoxy) is 2. The van der Waals surface area contributed by atoms with Gasteiger partial charge in [-0.1, -0.05) is 6.07 Å². The first-order valence-electron chi connectivity index (χ1n) is 8.19. The molecule has 0 fully saturated rings. The summed E-state index contributed by atoms with van der Waals surface area (Å²) in [6, 6.07) is 10.9. The second kappa shape index (κ2) is 7.63. The molecule has 6 nitrogen and oxygen atoms in total. The van der Waals surface area contributed by atoms with Gasteiger partial charge in [0.1, 0.15) is 23.5 Å². The van der Waals surface area contributed by atoms with Crippen molar-refractivity contribution in [3.63, 3.8) is 0 Å². The topological polar surface area (TPSA) is 82.3 Å². The van der Waals surface area contributed by atoms with Crippen molar-refractivity contribution >= 4 is 17.2 Å². The Balaban J connectivity index is 1.77. The van der Waals surface area contributed by atoms with E-state index in [-0.39, 0.29) is 23.1 Å². The quantitative estimate of drug-likeness (QED) is 0.630. The van der Waals surface area contributed by atoms with Crippen LogP contribution in [0.15, 0.2) is 48.8 Å². The van der Waals surface area contributed by atoms with Crippen LogP contribution in [0, 0.1) is 13.8 Å². The van der Waals surface area contributed by atoms with E-state index >= 15 is 0 Å². The molecule has 0 amide bonds. The summed E-state index contributed by atoms with van der Waals surface area (Å²) in [6.45, 7) is 3.89. The molecule has 1 aromatic heterocycles. The number of nitrogens with one attached hydrogen (secondary N) is 1. The van der Waals surface area contributed by atoms with Crippen molar-refractivity contribution in [1.29, 1.82) is 0 Å². The predicted octanol–water partition coefficient (Wildman–Crippen LogP) is 5.11. The van der Waals surface area contributed by atoms with Gasteiger partial charge in [-0.05, 0) is 61.4 Å². The van der Waals surface area contributed by atoms with Gasteiger partial charge >= 0.3 is 6.36 Å². The Morgan fingerprint density at radius 2 is 1.57 bits per heavy atom. The number of rotatable bonds is 5. The highest BCUT2D eigenvalue weighted by atomic mass is 19.4. The van der Waals surface area contributed by atoms with E-state index in [0.29, 0.717) is 11.4 Å². The van der Waals surface area contributed by atoms with Gasteiger partial charge in [0, 0.05) is 5.69 Å². The summed E-state index contributed by atoms with van der Waals surface area (Å²) >= 11 is 0. The molecule has 0 unspecified atom stereocenters. The van der Waals surface area contributed by atoms with Crippen molar-refractivity contribution in [2.24, 2.45) is 0 Å². The van der Waals surface area contributed by atoms with E-state index in [9.17, 15) is 13.2 Å². The minimum absolute atomic E-state index is 0.164. The van der Waals surface area contributed by atoms with Crippen LogP contribution in [-0.4, -0.2) is 16.3 Å². The van der Waals surface area contributed by atoms with Gasteiger partial charge in [0.15, 0.2) is 5.82 Å². The molecule has 0 aliphatic heterocycles. The smallest absolute Gasteiger partial charge is 0.437 e. The van der Waals surface area contributed by atoms with Gasteiger partial charge in [-0.3, -0.25) is 0 Å². The molecule has 0 spiro atoms. The third kappa shape index (κ3) is 5.03. The normalized spacial score (nSPS) is 11.2. The number of benzene rings is 2. The molecular formula is C19H17F3N4O2. The van der Waals surface area contributed by atoms with Gasteiger partial charge in [0.05, 0.1) is 0 Å². The molecule has 0 aliphatic rings. The maximum absolute atomic E-state index is 12.2. The number of nitrogen functional groups attached to an aromatic ring is 1. The van der Waals surface area contributed by atoms with E-state index in [1.165, 1.54) is 30.6 Å². The number of halogens is 3. The van der Waals surface area contributed by atoms with Crippen LogP contribution in [0.3, 0.4) is 0 Å². The van der Waals surface area contributed by atoms with Crippen molar-refractivity contribution in [3.05, 3.63) is 59.9 Å². The summed E-state index contributed by atoms with van der Waals surface area (Å²) in [7, 11) is 0. The number of aromatic nitrogens is 2. The summed E-state index contributed by atoms with van der Waals surface area (Å²) in [6.07, 6.45) is -3.47. The van der Waals surface area contributed by atoms with Crippen molar-refractivity contribution in [3.8, 4) is 17.4 Å². The van der Waals surface area contributed by atoms with Crippen LogP contribution in [0.5, 0.6) is 17.4 Å². The minimum Gasteiger partial charge on any atom is -0.437 e. The average molecular weight is 390 g/mol. The van der Waals surface area contributed by atoms with E-state index in [0.717, 1.165) is 11.1 Å². The van der Waals surface area contributed by atoms with Crippen molar-refractivity contribution < 1.29 is 22.6 Å². The largest absolute Gasteiger partial charge is 0.573 e. The Labute approximate surface area is 159 Å².